The van der Waals surface area contributed by atoms with E-state index < -0.39 is 0 Å². The Morgan fingerprint density at radius 3 is 3.00 bits per heavy atom. The molecule has 92 valence electrons. The highest BCUT2D eigenvalue weighted by atomic mass is 35.5. The molecule has 0 atom stereocenters. The van der Waals surface area contributed by atoms with E-state index in [2.05, 4.69) is 10.3 Å². The Hall–Kier alpha value is -1.87. The highest BCUT2D eigenvalue weighted by Gasteiger charge is 2.11. The first-order chi connectivity index (χ1) is 8.63. The van der Waals surface area contributed by atoms with Crippen LogP contribution in [0.15, 0.2) is 36.5 Å². The Bertz CT molecular complexity index is 635. The Morgan fingerprint density at radius 1 is 1.50 bits per heavy atom. The molecule has 0 radical (unpaired) electrons. The first-order valence-corrected chi connectivity index (χ1v) is 5.98. The van der Waals surface area contributed by atoms with Gasteiger partial charge in [0.2, 0.25) is 5.91 Å². The maximum absolute atomic E-state index is 11.6. The quantitative estimate of drug-likeness (QED) is 0.837. The smallest absolute Gasteiger partial charge is 0.248 e. The number of aromatic nitrogens is 1. The standard InChI is InChI=1S/C14H13ClN2O/c1-3-5-12(18)17-14-10-6-4-7-16-13(10)9(2)8-11(14)15/h3-8H,1-2H3,(H,17,18). The van der Waals surface area contributed by atoms with Crippen LogP contribution in [-0.2, 0) is 4.79 Å². The molecule has 0 bridgehead atoms. The van der Waals surface area contributed by atoms with Crippen molar-refractivity contribution in [3.05, 3.63) is 47.1 Å². The molecule has 0 aliphatic carbocycles. The van der Waals surface area contributed by atoms with E-state index >= 15 is 0 Å². The van der Waals surface area contributed by atoms with Gasteiger partial charge in [-0.25, -0.2) is 0 Å². The Kier molecular flexibility index (Phi) is 3.63. The van der Waals surface area contributed by atoms with E-state index in [1.807, 2.05) is 25.1 Å². The minimum absolute atomic E-state index is 0.201. The Labute approximate surface area is 110 Å². The van der Waals surface area contributed by atoms with Gasteiger partial charge in [-0.05, 0) is 43.7 Å². The topological polar surface area (TPSA) is 42.0 Å². The van der Waals surface area contributed by atoms with E-state index in [0.717, 1.165) is 16.5 Å². The number of fused-ring (bicyclic) bond motifs is 1. The van der Waals surface area contributed by atoms with E-state index in [9.17, 15) is 4.79 Å². The number of hydrogen-bond acceptors (Lipinski definition) is 2. The van der Waals surface area contributed by atoms with Crippen LogP contribution >= 0.6 is 11.6 Å². The fourth-order valence-electron chi connectivity index (χ4n) is 1.82. The largest absolute Gasteiger partial charge is 0.321 e. The summed E-state index contributed by atoms with van der Waals surface area (Å²) in [6.07, 6.45) is 4.86. The van der Waals surface area contributed by atoms with Crippen molar-refractivity contribution in [3.63, 3.8) is 0 Å². The SMILES string of the molecule is CC=CC(=O)Nc1c(Cl)cc(C)c2ncccc12. The second-order valence-corrected chi connectivity index (χ2v) is 4.35. The lowest BCUT2D eigenvalue weighted by molar-refractivity contribution is -0.111. The van der Waals surface area contributed by atoms with Crippen molar-refractivity contribution in [1.82, 2.24) is 4.98 Å². The Balaban J connectivity index is 2.59. The molecule has 2 aromatic rings. The van der Waals surface area contributed by atoms with E-state index in [4.69, 9.17) is 11.6 Å². The molecule has 2 rings (SSSR count). The summed E-state index contributed by atoms with van der Waals surface area (Å²) >= 11 is 6.19. The van der Waals surface area contributed by atoms with Gasteiger partial charge in [0, 0.05) is 11.6 Å². The number of pyridine rings is 1. The number of aryl methyl sites for hydroxylation is 1. The third-order valence-electron chi connectivity index (χ3n) is 2.60. The van der Waals surface area contributed by atoms with Crippen molar-refractivity contribution >= 4 is 34.1 Å². The molecule has 0 saturated carbocycles. The molecule has 0 aliphatic rings. The molecular formula is C14H13ClN2O. The molecule has 0 spiro atoms. The van der Waals surface area contributed by atoms with Crippen LogP contribution in [0.25, 0.3) is 10.9 Å². The molecule has 1 aromatic heterocycles. The predicted molar refractivity (Wildman–Crippen MR) is 74.9 cm³/mol. The Morgan fingerprint density at radius 2 is 2.28 bits per heavy atom. The molecule has 18 heavy (non-hydrogen) atoms. The number of anilines is 1. The van der Waals surface area contributed by atoms with Gasteiger partial charge >= 0.3 is 0 Å². The van der Waals surface area contributed by atoms with Gasteiger partial charge in [-0.2, -0.15) is 0 Å². The van der Waals surface area contributed by atoms with Gasteiger partial charge in [-0.1, -0.05) is 17.7 Å². The molecule has 1 amide bonds. The minimum Gasteiger partial charge on any atom is -0.321 e. The zero-order valence-corrected chi connectivity index (χ0v) is 11.0. The number of benzene rings is 1. The average molecular weight is 261 g/mol. The van der Waals surface area contributed by atoms with E-state index in [0.29, 0.717) is 10.7 Å². The third kappa shape index (κ3) is 2.36. The molecule has 4 heteroatoms. The summed E-state index contributed by atoms with van der Waals surface area (Å²) in [7, 11) is 0. The number of amides is 1. The van der Waals surface area contributed by atoms with Crippen molar-refractivity contribution in [1.29, 1.82) is 0 Å². The normalized spacial score (nSPS) is 11.1. The van der Waals surface area contributed by atoms with Crippen molar-refractivity contribution in [2.75, 3.05) is 5.32 Å². The molecule has 1 N–H and O–H groups in total. The van der Waals surface area contributed by atoms with Crippen molar-refractivity contribution in [3.8, 4) is 0 Å². The maximum Gasteiger partial charge on any atom is 0.248 e. The molecule has 0 fully saturated rings. The highest BCUT2D eigenvalue weighted by molar-refractivity contribution is 6.35. The van der Waals surface area contributed by atoms with Crippen LogP contribution in [0.1, 0.15) is 12.5 Å². The minimum atomic E-state index is -0.201. The van der Waals surface area contributed by atoms with Crippen LogP contribution in [-0.4, -0.2) is 10.9 Å². The highest BCUT2D eigenvalue weighted by Crippen LogP contribution is 2.32. The third-order valence-corrected chi connectivity index (χ3v) is 2.90. The van der Waals surface area contributed by atoms with Gasteiger partial charge in [0.05, 0.1) is 16.2 Å². The summed E-state index contributed by atoms with van der Waals surface area (Å²) in [5, 5.41) is 4.15. The van der Waals surface area contributed by atoms with Crippen LogP contribution in [0, 0.1) is 6.92 Å². The number of nitrogens with one attached hydrogen (secondary N) is 1. The summed E-state index contributed by atoms with van der Waals surface area (Å²) in [5.74, 6) is -0.201. The number of halogens is 1. The molecule has 0 aliphatic heterocycles. The monoisotopic (exact) mass is 260 g/mol. The molecule has 0 saturated heterocycles. The number of carbonyl (C=O) groups is 1. The van der Waals surface area contributed by atoms with Crippen molar-refractivity contribution in [2.24, 2.45) is 0 Å². The van der Waals surface area contributed by atoms with Crippen LogP contribution in [0.4, 0.5) is 5.69 Å². The predicted octanol–water partition coefficient (Wildman–Crippen LogP) is 3.71. The number of carbonyl (C=O) groups excluding carboxylic acids is 1. The van der Waals surface area contributed by atoms with Gasteiger partial charge in [0.1, 0.15) is 0 Å². The number of nitrogens with zero attached hydrogens (tertiary/aromatic N) is 1. The molecule has 0 unspecified atom stereocenters. The lowest BCUT2D eigenvalue weighted by atomic mass is 10.1. The van der Waals surface area contributed by atoms with Gasteiger partial charge in [-0.15, -0.1) is 0 Å². The zero-order valence-electron chi connectivity index (χ0n) is 10.2. The summed E-state index contributed by atoms with van der Waals surface area (Å²) in [4.78, 5) is 15.9. The first-order valence-electron chi connectivity index (χ1n) is 5.61. The fraction of sp³-hybridized carbons (Fsp3) is 0.143. The van der Waals surface area contributed by atoms with Crippen molar-refractivity contribution in [2.45, 2.75) is 13.8 Å². The summed E-state index contributed by atoms with van der Waals surface area (Å²) < 4.78 is 0. The van der Waals surface area contributed by atoms with Crippen LogP contribution in [0.3, 0.4) is 0 Å². The number of allylic oxidation sites excluding steroid dienone is 1. The second kappa shape index (κ2) is 5.19. The molecule has 1 heterocycles. The van der Waals surface area contributed by atoms with Crippen molar-refractivity contribution < 1.29 is 4.79 Å². The van der Waals surface area contributed by atoms with E-state index in [1.54, 1.807) is 19.2 Å². The molecular weight excluding hydrogens is 248 g/mol. The zero-order chi connectivity index (χ0) is 13.1. The van der Waals surface area contributed by atoms with E-state index in [-0.39, 0.29) is 5.91 Å². The van der Waals surface area contributed by atoms with Gasteiger partial charge in [-0.3, -0.25) is 9.78 Å². The number of rotatable bonds is 2. The first kappa shape index (κ1) is 12.6. The second-order valence-electron chi connectivity index (χ2n) is 3.94. The van der Waals surface area contributed by atoms with Gasteiger partial charge < -0.3 is 5.32 Å². The van der Waals surface area contributed by atoms with Gasteiger partial charge in [0.15, 0.2) is 0 Å². The van der Waals surface area contributed by atoms with E-state index in [1.165, 1.54) is 6.08 Å². The lowest BCUT2D eigenvalue weighted by Crippen LogP contribution is -2.09. The summed E-state index contributed by atoms with van der Waals surface area (Å²) in [6.45, 7) is 3.73. The maximum atomic E-state index is 11.6. The fourth-order valence-corrected chi connectivity index (χ4v) is 2.14. The van der Waals surface area contributed by atoms with Crippen LogP contribution in [0.5, 0.6) is 0 Å². The van der Waals surface area contributed by atoms with Crippen LogP contribution < -0.4 is 5.32 Å². The summed E-state index contributed by atoms with van der Waals surface area (Å²) in [6, 6.07) is 5.53. The van der Waals surface area contributed by atoms with Crippen LogP contribution in [0.2, 0.25) is 5.02 Å². The summed E-state index contributed by atoms with van der Waals surface area (Å²) in [5.41, 5.74) is 2.44. The average Bonchev–Trinajstić information content (AvgIpc) is 2.35. The molecule has 3 nitrogen and oxygen atoms in total. The molecule has 1 aromatic carbocycles. The van der Waals surface area contributed by atoms with Gasteiger partial charge in [0.25, 0.3) is 0 Å². The number of hydrogen-bond donors (Lipinski definition) is 1. The lowest BCUT2D eigenvalue weighted by Gasteiger charge is -2.11.